The molecule has 21 heavy (non-hydrogen) atoms. The molecule has 112 valence electrons. The van der Waals surface area contributed by atoms with Crippen molar-refractivity contribution < 1.29 is 4.92 Å². The summed E-state index contributed by atoms with van der Waals surface area (Å²) in [6.07, 6.45) is 3.18. The van der Waals surface area contributed by atoms with Crippen LogP contribution in [-0.4, -0.2) is 9.49 Å². The molecular weight excluding hydrogens is 266 g/mol. The zero-order valence-electron chi connectivity index (χ0n) is 12.5. The van der Waals surface area contributed by atoms with Gasteiger partial charge in [-0.05, 0) is 31.0 Å². The maximum absolute atomic E-state index is 10.8. The van der Waals surface area contributed by atoms with E-state index >= 15 is 0 Å². The van der Waals surface area contributed by atoms with Gasteiger partial charge in [0.2, 0.25) is 0 Å². The van der Waals surface area contributed by atoms with Crippen LogP contribution in [-0.2, 0) is 13.1 Å². The van der Waals surface area contributed by atoms with Crippen LogP contribution in [0.15, 0.2) is 42.6 Å². The maximum atomic E-state index is 10.8. The predicted octanol–water partition coefficient (Wildman–Crippen LogP) is 3.66. The highest BCUT2D eigenvalue weighted by Gasteiger charge is 2.11. The van der Waals surface area contributed by atoms with E-state index in [-0.39, 0.29) is 16.7 Å². The van der Waals surface area contributed by atoms with Gasteiger partial charge in [-0.25, -0.2) is 0 Å². The number of non-ortho nitro benzene ring substituents is 1. The van der Waals surface area contributed by atoms with Gasteiger partial charge >= 0.3 is 0 Å². The normalized spacial score (nSPS) is 12.3. The first-order chi connectivity index (χ1) is 10.1. The van der Waals surface area contributed by atoms with Gasteiger partial charge in [-0.1, -0.05) is 19.1 Å². The number of benzene rings is 1. The molecule has 0 spiro atoms. The molecule has 0 fully saturated rings. The number of nitro benzene ring substituents is 1. The van der Waals surface area contributed by atoms with Gasteiger partial charge in [0.1, 0.15) is 0 Å². The lowest BCUT2D eigenvalue weighted by atomic mass is 10.1. The number of nitrogens with one attached hydrogen (secondary N) is 1. The highest BCUT2D eigenvalue weighted by molar-refractivity contribution is 5.35. The molecule has 5 nitrogen and oxygen atoms in total. The molecule has 1 N–H and O–H groups in total. The van der Waals surface area contributed by atoms with Gasteiger partial charge in [-0.15, -0.1) is 0 Å². The number of hydrogen-bond acceptors (Lipinski definition) is 3. The third-order valence-electron chi connectivity index (χ3n) is 3.56. The number of hydrogen-bond donors (Lipinski definition) is 1. The molecule has 2 rings (SSSR count). The van der Waals surface area contributed by atoms with E-state index in [4.69, 9.17) is 0 Å². The third kappa shape index (κ3) is 3.92. The fourth-order valence-corrected chi connectivity index (χ4v) is 2.35. The van der Waals surface area contributed by atoms with E-state index in [1.54, 1.807) is 12.1 Å². The average Bonchev–Trinajstić information content (AvgIpc) is 2.92. The average molecular weight is 287 g/mol. The number of rotatable bonds is 7. The second kappa shape index (κ2) is 7.04. The summed E-state index contributed by atoms with van der Waals surface area (Å²) in [7, 11) is 0. The second-order valence-electron chi connectivity index (χ2n) is 5.15. The number of nitro groups is 1. The summed E-state index contributed by atoms with van der Waals surface area (Å²) in [4.78, 5) is 10.5. The number of aryl methyl sites for hydroxylation is 1. The van der Waals surface area contributed by atoms with E-state index in [1.165, 1.54) is 11.8 Å². The van der Waals surface area contributed by atoms with Gasteiger partial charge in [-0.2, -0.15) is 0 Å². The van der Waals surface area contributed by atoms with Gasteiger partial charge in [-0.3, -0.25) is 10.1 Å². The van der Waals surface area contributed by atoms with Crippen molar-refractivity contribution in [1.29, 1.82) is 0 Å². The largest absolute Gasteiger partial charge is 0.350 e. The molecule has 0 saturated heterocycles. The second-order valence-corrected chi connectivity index (χ2v) is 5.15. The van der Waals surface area contributed by atoms with Crippen LogP contribution in [0.5, 0.6) is 0 Å². The Morgan fingerprint density at radius 2 is 2.14 bits per heavy atom. The van der Waals surface area contributed by atoms with Crippen molar-refractivity contribution >= 4 is 5.69 Å². The summed E-state index contributed by atoms with van der Waals surface area (Å²) < 4.78 is 2.23. The Morgan fingerprint density at radius 3 is 2.86 bits per heavy atom. The molecule has 1 aromatic heterocycles. The van der Waals surface area contributed by atoms with Gasteiger partial charge in [0.15, 0.2) is 0 Å². The molecule has 0 aliphatic heterocycles. The van der Waals surface area contributed by atoms with Crippen molar-refractivity contribution in [2.45, 2.75) is 39.4 Å². The third-order valence-corrected chi connectivity index (χ3v) is 3.56. The molecule has 5 heteroatoms. The Kier molecular flexibility index (Phi) is 5.11. The molecule has 1 atom stereocenters. The molecule has 0 aliphatic rings. The number of nitrogens with zero attached hydrogens (tertiary/aromatic N) is 2. The van der Waals surface area contributed by atoms with Gasteiger partial charge in [0.05, 0.1) is 4.92 Å². The molecule has 0 aliphatic carbocycles. The fourth-order valence-electron chi connectivity index (χ4n) is 2.35. The van der Waals surface area contributed by atoms with E-state index in [0.29, 0.717) is 0 Å². The van der Waals surface area contributed by atoms with Crippen LogP contribution in [0.1, 0.15) is 37.6 Å². The molecule has 0 bridgehead atoms. The van der Waals surface area contributed by atoms with Crippen LogP contribution in [0.4, 0.5) is 5.69 Å². The molecule has 1 unspecified atom stereocenters. The summed E-state index contributed by atoms with van der Waals surface area (Å²) in [5, 5.41) is 14.2. The van der Waals surface area contributed by atoms with E-state index < -0.39 is 0 Å². The predicted molar refractivity (Wildman–Crippen MR) is 83.1 cm³/mol. The number of aromatic nitrogens is 1. The summed E-state index contributed by atoms with van der Waals surface area (Å²) in [6, 6.07) is 11.0. The smallest absolute Gasteiger partial charge is 0.269 e. The molecule has 1 aromatic carbocycles. The zero-order chi connectivity index (χ0) is 15.2. The van der Waals surface area contributed by atoms with Crippen molar-refractivity contribution in [3.63, 3.8) is 0 Å². The van der Waals surface area contributed by atoms with Crippen LogP contribution < -0.4 is 5.32 Å². The SMILES string of the molecule is CCCn1cccc1CNC(C)c1cccc([N+](=O)[O-])c1. The lowest BCUT2D eigenvalue weighted by Gasteiger charge is -2.15. The minimum Gasteiger partial charge on any atom is -0.350 e. The van der Waals surface area contributed by atoms with E-state index in [9.17, 15) is 10.1 Å². The minimum absolute atomic E-state index is 0.0647. The quantitative estimate of drug-likeness (QED) is 0.624. The van der Waals surface area contributed by atoms with Crippen LogP contribution in [0, 0.1) is 10.1 Å². The van der Waals surface area contributed by atoms with E-state index in [1.807, 2.05) is 19.1 Å². The lowest BCUT2D eigenvalue weighted by molar-refractivity contribution is -0.384. The first-order valence-electron chi connectivity index (χ1n) is 7.23. The van der Waals surface area contributed by atoms with Crippen LogP contribution >= 0.6 is 0 Å². The highest BCUT2D eigenvalue weighted by Crippen LogP contribution is 2.19. The molecule has 0 saturated carbocycles. The van der Waals surface area contributed by atoms with Crippen molar-refractivity contribution in [1.82, 2.24) is 9.88 Å². The monoisotopic (exact) mass is 287 g/mol. The minimum atomic E-state index is -0.359. The molecular formula is C16H21N3O2. The first kappa shape index (κ1) is 15.3. The molecule has 0 radical (unpaired) electrons. The Labute approximate surface area is 124 Å². The Bertz CT molecular complexity index is 607. The van der Waals surface area contributed by atoms with E-state index in [0.717, 1.165) is 25.1 Å². The molecule has 1 heterocycles. The summed E-state index contributed by atoms with van der Waals surface area (Å²) in [5.41, 5.74) is 2.29. The summed E-state index contributed by atoms with van der Waals surface area (Å²) in [6.45, 7) is 5.93. The summed E-state index contributed by atoms with van der Waals surface area (Å²) >= 11 is 0. The molecule has 2 aromatic rings. The highest BCUT2D eigenvalue weighted by atomic mass is 16.6. The van der Waals surface area contributed by atoms with Crippen LogP contribution in [0.25, 0.3) is 0 Å². The van der Waals surface area contributed by atoms with Gasteiger partial charge < -0.3 is 9.88 Å². The van der Waals surface area contributed by atoms with E-state index in [2.05, 4.69) is 29.1 Å². The van der Waals surface area contributed by atoms with Crippen molar-refractivity contribution in [2.75, 3.05) is 0 Å². The zero-order valence-corrected chi connectivity index (χ0v) is 12.5. The Balaban J connectivity index is 2.01. The Hall–Kier alpha value is -2.14. The summed E-state index contributed by atoms with van der Waals surface area (Å²) in [5.74, 6) is 0. The van der Waals surface area contributed by atoms with Crippen molar-refractivity contribution in [3.05, 3.63) is 64.0 Å². The van der Waals surface area contributed by atoms with Gasteiger partial charge in [0.25, 0.3) is 5.69 Å². The first-order valence-corrected chi connectivity index (χ1v) is 7.23. The lowest BCUT2D eigenvalue weighted by Crippen LogP contribution is -2.20. The maximum Gasteiger partial charge on any atom is 0.269 e. The fraction of sp³-hybridized carbons (Fsp3) is 0.375. The topological polar surface area (TPSA) is 60.1 Å². The standard InChI is InChI=1S/C16H21N3O2/c1-3-9-18-10-5-8-16(18)12-17-13(2)14-6-4-7-15(11-14)19(20)21/h4-8,10-11,13,17H,3,9,12H2,1-2H3. The van der Waals surface area contributed by atoms with Crippen molar-refractivity contribution in [3.8, 4) is 0 Å². The molecule has 0 amide bonds. The van der Waals surface area contributed by atoms with Gasteiger partial charge in [0, 0.05) is 43.2 Å². The van der Waals surface area contributed by atoms with Crippen LogP contribution in [0.2, 0.25) is 0 Å². The Morgan fingerprint density at radius 1 is 1.33 bits per heavy atom. The van der Waals surface area contributed by atoms with Crippen molar-refractivity contribution in [2.24, 2.45) is 0 Å². The van der Waals surface area contributed by atoms with Crippen LogP contribution in [0.3, 0.4) is 0 Å².